The highest BCUT2D eigenvalue weighted by Gasteiger charge is 2.18. The highest BCUT2D eigenvalue weighted by molar-refractivity contribution is 7.92. The Labute approximate surface area is 176 Å². The Morgan fingerprint density at radius 1 is 0.741 bits per heavy atom. The number of ether oxygens (including phenoxy) is 1. The Hall–Kier alpha value is -1.63. The summed E-state index contributed by atoms with van der Waals surface area (Å²) in [4.78, 5) is -0.0313. The molecule has 3 rings (SSSR count). The maximum absolute atomic E-state index is 12.7. The minimum absolute atomic E-state index is 0.0313. The molecule has 0 aliphatic heterocycles. The zero-order valence-electron chi connectivity index (χ0n) is 13.4. The quantitative estimate of drug-likeness (QED) is 0.448. The van der Waals surface area contributed by atoms with Crippen LogP contribution in [0.2, 0.25) is 20.1 Å². The zero-order chi connectivity index (χ0) is 19.6. The van der Waals surface area contributed by atoms with E-state index in [0.717, 1.165) is 0 Å². The molecule has 0 spiro atoms. The summed E-state index contributed by atoms with van der Waals surface area (Å²) in [6.45, 7) is 0. The molecule has 9 heteroatoms. The first kappa shape index (κ1) is 20.1. The third-order valence-electron chi connectivity index (χ3n) is 3.45. The molecule has 0 aliphatic carbocycles. The molecule has 0 bridgehead atoms. The molecule has 0 radical (unpaired) electrons. The molecule has 0 aliphatic rings. The van der Waals surface area contributed by atoms with Crippen LogP contribution in [-0.2, 0) is 10.0 Å². The van der Waals surface area contributed by atoms with E-state index < -0.39 is 10.0 Å². The molecule has 4 nitrogen and oxygen atoms in total. The number of sulfonamides is 1. The summed E-state index contributed by atoms with van der Waals surface area (Å²) in [6, 6.07) is 15.3. The van der Waals surface area contributed by atoms with E-state index in [0.29, 0.717) is 15.8 Å². The Morgan fingerprint density at radius 2 is 1.48 bits per heavy atom. The van der Waals surface area contributed by atoms with Gasteiger partial charge < -0.3 is 4.74 Å². The molecule has 0 heterocycles. The molecule has 3 aromatic carbocycles. The van der Waals surface area contributed by atoms with Gasteiger partial charge in [0.25, 0.3) is 10.0 Å². The second-order valence-electron chi connectivity index (χ2n) is 5.35. The van der Waals surface area contributed by atoms with Gasteiger partial charge in [-0.15, -0.1) is 0 Å². The summed E-state index contributed by atoms with van der Waals surface area (Å²) >= 11 is 23.8. The van der Waals surface area contributed by atoms with Crippen molar-refractivity contribution in [2.75, 3.05) is 4.72 Å². The van der Waals surface area contributed by atoms with Crippen molar-refractivity contribution in [3.63, 3.8) is 0 Å². The number of nitrogens with one attached hydrogen (secondary N) is 1. The third-order valence-corrected chi connectivity index (χ3v) is 6.08. The molecule has 0 saturated heterocycles. The summed E-state index contributed by atoms with van der Waals surface area (Å²) in [7, 11) is -3.91. The Balaban J connectivity index is 1.92. The van der Waals surface area contributed by atoms with Crippen LogP contribution in [0, 0.1) is 0 Å². The molecule has 140 valence electrons. The van der Waals surface area contributed by atoms with Crippen LogP contribution in [0.5, 0.6) is 11.5 Å². The molecule has 0 atom stereocenters. The first-order valence-corrected chi connectivity index (χ1v) is 10.5. The zero-order valence-corrected chi connectivity index (χ0v) is 17.3. The number of para-hydroxylation sites is 2. The van der Waals surface area contributed by atoms with E-state index in [1.165, 1.54) is 24.3 Å². The fourth-order valence-corrected chi connectivity index (χ4v) is 4.07. The highest BCUT2D eigenvalue weighted by atomic mass is 35.5. The Morgan fingerprint density at radius 3 is 2.19 bits per heavy atom. The van der Waals surface area contributed by atoms with Crippen LogP contribution >= 0.6 is 46.4 Å². The second kappa shape index (κ2) is 8.17. The van der Waals surface area contributed by atoms with Crippen LogP contribution in [0.15, 0.2) is 65.6 Å². The largest absolute Gasteiger partial charge is 0.454 e. The molecular weight excluding hydrogens is 452 g/mol. The fourth-order valence-electron chi connectivity index (χ4n) is 2.16. The molecule has 1 N–H and O–H groups in total. The maximum atomic E-state index is 12.7. The smallest absolute Gasteiger partial charge is 0.262 e. The van der Waals surface area contributed by atoms with E-state index in [4.69, 9.17) is 51.1 Å². The predicted molar refractivity (Wildman–Crippen MR) is 110 cm³/mol. The predicted octanol–water partition coefficient (Wildman–Crippen LogP) is 6.89. The second-order valence-corrected chi connectivity index (χ2v) is 8.69. The number of hydrogen-bond donors (Lipinski definition) is 1. The van der Waals surface area contributed by atoms with Crippen LogP contribution in [-0.4, -0.2) is 8.42 Å². The average Bonchev–Trinajstić information content (AvgIpc) is 2.61. The average molecular weight is 463 g/mol. The van der Waals surface area contributed by atoms with Crippen molar-refractivity contribution < 1.29 is 13.2 Å². The van der Waals surface area contributed by atoms with Gasteiger partial charge in [-0.05, 0) is 48.5 Å². The van der Waals surface area contributed by atoms with E-state index in [1.807, 2.05) is 0 Å². The minimum Gasteiger partial charge on any atom is -0.454 e. The third kappa shape index (κ3) is 4.81. The van der Waals surface area contributed by atoms with Gasteiger partial charge in [0.2, 0.25) is 0 Å². The molecule has 0 fully saturated rings. The number of rotatable bonds is 5. The van der Waals surface area contributed by atoms with Gasteiger partial charge in [0.05, 0.1) is 25.7 Å². The normalized spacial score (nSPS) is 11.3. The molecule has 0 aromatic heterocycles. The van der Waals surface area contributed by atoms with E-state index in [-0.39, 0.29) is 26.4 Å². The first-order valence-electron chi connectivity index (χ1n) is 7.46. The lowest BCUT2D eigenvalue weighted by molar-refractivity contribution is 0.485. The Kier molecular flexibility index (Phi) is 6.08. The lowest BCUT2D eigenvalue weighted by Crippen LogP contribution is -2.13. The van der Waals surface area contributed by atoms with Gasteiger partial charge in [-0.25, -0.2) is 8.42 Å². The van der Waals surface area contributed by atoms with Crippen molar-refractivity contribution in [2.24, 2.45) is 0 Å². The van der Waals surface area contributed by atoms with E-state index in [1.54, 1.807) is 36.4 Å². The van der Waals surface area contributed by atoms with Gasteiger partial charge in [0.1, 0.15) is 5.75 Å². The maximum Gasteiger partial charge on any atom is 0.262 e. The van der Waals surface area contributed by atoms with Crippen LogP contribution < -0.4 is 9.46 Å². The van der Waals surface area contributed by atoms with E-state index in [2.05, 4.69) is 4.72 Å². The lowest BCUT2D eigenvalue weighted by atomic mass is 10.3. The van der Waals surface area contributed by atoms with Crippen LogP contribution in [0.3, 0.4) is 0 Å². The standard InChI is InChI=1S/C18H11Cl4NO3S/c19-11-5-8-17(15(22)9-11)26-18-4-2-1-3-16(18)23-27(24,25)12-6-7-13(20)14(21)10-12/h1-10,23H. The van der Waals surface area contributed by atoms with Gasteiger partial charge in [-0.2, -0.15) is 0 Å². The van der Waals surface area contributed by atoms with Gasteiger partial charge in [-0.3, -0.25) is 4.72 Å². The van der Waals surface area contributed by atoms with Crippen molar-refractivity contribution in [1.82, 2.24) is 0 Å². The topological polar surface area (TPSA) is 55.4 Å². The van der Waals surface area contributed by atoms with Crippen molar-refractivity contribution in [2.45, 2.75) is 4.90 Å². The molecule has 0 unspecified atom stereocenters. The number of hydrogen-bond acceptors (Lipinski definition) is 3. The lowest BCUT2D eigenvalue weighted by Gasteiger charge is -2.14. The van der Waals surface area contributed by atoms with Gasteiger partial charge in [0.15, 0.2) is 5.75 Å². The van der Waals surface area contributed by atoms with Gasteiger partial charge in [0, 0.05) is 5.02 Å². The van der Waals surface area contributed by atoms with Crippen LogP contribution in [0.4, 0.5) is 5.69 Å². The summed E-state index contributed by atoms with van der Waals surface area (Å²) in [5.74, 6) is 0.604. The molecule has 27 heavy (non-hydrogen) atoms. The van der Waals surface area contributed by atoms with Crippen LogP contribution in [0.1, 0.15) is 0 Å². The van der Waals surface area contributed by atoms with E-state index in [9.17, 15) is 8.42 Å². The minimum atomic E-state index is -3.91. The number of anilines is 1. The number of benzene rings is 3. The molecule has 3 aromatic rings. The Bertz CT molecular complexity index is 1100. The summed E-state index contributed by atoms with van der Waals surface area (Å²) in [5.41, 5.74) is 0.231. The highest BCUT2D eigenvalue weighted by Crippen LogP contribution is 2.36. The number of halogens is 4. The monoisotopic (exact) mass is 461 g/mol. The summed E-state index contributed by atoms with van der Waals surface area (Å²) in [5, 5.41) is 1.15. The fraction of sp³-hybridized carbons (Fsp3) is 0. The molecule has 0 saturated carbocycles. The van der Waals surface area contributed by atoms with Crippen LogP contribution in [0.25, 0.3) is 0 Å². The van der Waals surface area contributed by atoms with E-state index >= 15 is 0 Å². The van der Waals surface area contributed by atoms with Crippen molar-refractivity contribution >= 4 is 62.1 Å². The molecule has 0 amide bonds. The SMILES string of the molecule is O=S(=O)(Nc1ccccc1Oc1ccc(Cl)cc1Cl)c1ccc(Cl)c(Cl)c1. The van der Waals surface area contributed by atoms with Gasteiger partial charge in [-0.1, -0.05) is 58.5 Å². The molecular formula is C18H11Cl4NO3S. The van der Waals surface area contributed by atoms with Crippen molar-refractivity contribution in [1.29, 1.82) is 0 Å². The summed E-state index contributed by atoms with van der Waals surface area (Å²) in [6.07, 6.45) is 0. The van der Waals surface area contributed by atoms with Crippen molar-refractivity contribution in [3.05, 3.63) is 80.8 Å². The van der Waals surface area contributed by atoms with Gasteiger partial charge >= 0.3 is 0 Å². The van der Waals surface area contributed by atoms with Crippen molar-refractivity contribution in [3.8, 4) is 11.5 Å². The first-order chi connectivity index (χ1) is 12.8. The summed E-state index contributed by atoms with van der Waals surface area (Å²) < 4.78 is 33.6.